The summed E-state index contributed by atoms with van der Waals surface area (Å²) in [6, 6.07) is 16.2. The van der Waals surface area contributed by atoms with E-state index in [0.29, 0.717) is 24.4 Å². The van der Waals surface area contributed by atoms with Gasteiger partial charge in [-0.3, -0.25) is 9.59 Å². The van der Waals surface area contributed by atoms with Crippen molar-refractivity contribution in [1.29, 1.82) is 0 Å². The van der Waals surface area contributed by atoms with E-state index in [1.165, 1.54) is 0 Å². The van der Waals surface area contributed by atoms with Crippen molar-refractivity contribution < 1.29 is 14.7 Å². The van der Waals surface area contributed by atoms with Crippen LogP contribution in [-0.4, -0.2) is 41.0 Å². The van der Waals surface area contributed by atoms with Crippen LogP contribution in [0, 0.1) is 0 Å². The zero-order valence-electron chi connectivity index (χ0n) is 15.4. The second-order valence-electron chi connectivity index (χ2n) is 6.22. The highest BCUT2D eigenvalue weighted by Gasteiger charge is 2.29. The van der Waals surface area contributed by atoms with Crippen molar-refractivity contribution in [1.82, 2.24) is 10.2 Å². The molecular weight excluding hydrogens is 364 g/mol. The molecule has 2 aromatic carbocycles. The van der Waals surface area contributed by atoms with Crippen LogP contribution in [-0.2, 0) is 22.6 Å². The van der Waals surface area contributed by atoms with Gasteiger partial charge in [0.05, 0.1) is 6.61 Å². The third kappa shape index (κ3) is 6.38. The van der Waals surface area contributed by atoms with Crippen molar-refractivity contribution in [3.8, 4) is 0 Å². The molecule has 6 heteroatoms. The second-order valence-corrected chi connectivity index (χ2v) is 6.66. The summed E-state index contributed by atoms with van der Waals surface area (Å²) in [6.45, 7) is 2.10. The van der Waals surface area contributed by atoms with E-state index < -0.39 is 6.04 Å². The van der Waals surface area contributed by atoms with Crippen molar-refractivity contribution in [2.75, 3.05) is 13.2 Å². The number of aliphatic hydroxyl groups is 1. The Bertz CT molecular complexity index is 735. The lowest BCUT2D eigenvalue weighted by Crippen LogP contribution is -2.50. The fraction of sp³-hybridized carbons (Fsp3) is 0.333. The minimum atomic E-state index is -0.665. The number of carbonyl (C=O) groups excluding carboxylic acids is 2. The number of halogens is 1. The van der Waals surface area contributed by atoms with Gasteiger partial charge in [-0.2, -0.15) is 0 Å². The van der Waals surface area contributed by atoms with E-state index in [4.69, 9.17) is 16.7 Å². The summed E-state index contributed by atoms with van der Waals surface area (Å²) in [6.07, 6.45) is 0.698. The maximum atomic E-state index is 12.8. The molecule has 0 radical (unpaired) electrons. The van der Waals surface area contributed by atoms with Gasteiger partial charge in [0.25, 0.3) is 0 Å². The van der Waals surface area contributed by atoms with E-state index >= 15 is 0 Å². The molecule has 2 rings (SSSR count). The standard InChI is InChI=1S/C21H25ClN2O3/c1-2-20(26)24(15-17-8-10-18(22)11-9-17)19(21(27)23-12-13-25)14-16-6-4-3-5-7-16/h3-11,19,25H,2,12-15H2,1H3,(H,23,27)/t19-/m0/s1. The van der Waals surface area contributed by atoms with Crippen LogP contribution in [0.4, 0.5) is 0 Å². The molecule has 0 heterocycles. The minimum Gasteiger partial charge on any atom is -0.395 e. The molecular formula is C21H25ClN2O3. The van der Waals surface area contributed by atoms with Gasteiger partial charge in [0.2, 0.25) is 11.8 Å². The van der Waals surface area contributed by atoms with E-state index in [1.54, 1.807) is 24.0 Å². The largest absolute Gasteiger partial charge is 0.395 e. The van der Waals surface area contributed by atoms with E-state index in [0.717, 1.165) is 11.1 Å². The molecule has 144 valence electrons. The molecule has 0 aliphatic rings. The monoisotopic (exact) mass is 388 g/mol. The number of hydrogen-bond acceptors (Lipinski definition) is 3. The fourth-order valence-electron chi connectivity index (χ4n) is 2.84. The first-order valence-electron chi connectivity index (χ1n) is 9.01. The van der Waals surface area contributed by atoms with Gasteiger partial charge < -0.3 is 15.3 Å². The van der Waals surface area contributed by atoms with E-state index in [2.05, 4.69) is 5.32 Å². The summed E-state index contributed by atoms with van der Waals surface area (Å²) in [5.74, 6) is -0.381. The Morgan fingerprint density at radius 3 is 2.33 bits per heavy atom. The van der Waals surface area contributed by atoms with Crippen molar-refractivity contribution in [3.63, 3.8) is 0 Å². The average Bonchev–Trinajstić information content (AvgIpc) is 2.70. The average molecular weight is 389 g/mol. The Morgan fingerprint density at radius 2 is 1.74 bits per heavy atom. The number of hydrogen-bond donors (Lipinski definition) is 2. The quantitative estimate of drug-likeness (QED) is 0.694. The number of nitrogens with zero attached hydrogens (tertiary/aromatic N) is 1. The van der Waals surface area contributed by atoms with Crippen LogP contribution < -0.4 is 5.32 Å². The third-order valence-electron chi connectivity index (χ3n) is 4.25. The molecule has 0 saturated carbocycles. The number of nitrogens with one attached hydrogen (secondary N) is 1. The zero-order valence-corrected chi connectivity index (χ0v) is 16.2. The number of aliphatic hydroxyl groups excluding tert-OH is 1. The molecule has 0 bridgehead atoms. The highest BCUT2D eigenvalue weighted by molar-refractivity contribution is 6.30. The lowest BCUT2D eigenvalue weighted by atomic mass is 10.0. The molecule has 0 aliphatic heterocycles. The number of carbonyl (C=O) groups is 2. The molecule has 2 aromatic rings. The Hall–Kier alpha value is -2.37. The van der Waals surface area contributed by atoms with Crippen LogP contribution >= 0.6 is 11.6 Å². The summed E-state index contributed by atoms with van der Waals surface area (Å²) in [4.78, 5) is 27.0. The third-order valence-corrected chi connectivity index (χ3v) is 4.50. The van der Waals surface area contributed by atoms with Gasteiger partial charge in [-0.15, -0.1) is 0 Å². The molecule has 5 nitrogen and oxygen atoms in total. The van der Waals surface area contributed by atoms with Crippen LogP contribution in [0.15, 0.2) is 54.6 Å². The summed E-state index contributed by atoms with van der Waals surface area (Å²) in [5, 5.41) is 12.4. The molecule has 27 heavy (non-hydrogen) atoms. The van der Waals surface area contributed by atoms with Gasteiger partial charge in [0.15, 0.2) is 0 Å². The van der Waals surface area contributed by atoms with Crippen LogP contribution in [0.25, 0.3) is 0 Å². The number of rotatable bonds is 9. The van der Waals surface area contributed by atoms with E-state index in [-0.39, 0.29) is 25.0 Å². The van der Waals surface area contributed by atoms with Gasteiger partial charge in [0.1, 0.15) is 6.04 Å². The van der Waals surface area contributed by atoms with E-state index in [1.807, 2.05) is 42.5 Å². The predicted molar refractivity (Wildman–Crippen MR) is 106 cm³/mol. The predicted octanol–water partition coefficient (Wildman–Crippen LogP) is 2.80. The van der Waals surface area contributed by atoms with E-state index in [9.17, 15) is 9.59 Å². The SMILES string of the molecule is CCC(=O)N(Cc1ccc(Cl)cc1)[C@@H](Cc1ccccc1)C(=O)NCCO. The molecule has 0 fully saturated rings. The zero-order chi connectivity index (χ0) is 19.6. The summed E-state index contributed by atoms with van der Waals surface area (Å²) < 4.78 is 0. The Morgan fingerprint density at radius 1 is 1.07 bits per heavy atom. The molecule has 2 N–H and O–H groups in total. The van der Waals surface area contributed by atoms with Gasteiger partial charge in [-0.1, -0.05) is 61.0 Å². The Balaban J connectivity index is 2.30. The smallest absolute Gasteiger partial charge is 0.243 e. The lowest BCUT2D eigenvalue weighted by molar-refractivity contribution is -0.141. The van der Waals surface area contributed by atoms with Gasteiger partial charge >= 0.3 is 0 Å². The van der Waals surface area contributed by atoms with Gasteiger partial charge in [0, 0.05) is 31.0 Å². The summed E-state index contributed by atoms with van der Waals surface area (Å²) >= 11 is 5.95. The first-order chi connectivity index (χ1) is 13.0. The van der Waals surface area contributed by atoms with Crippen LogP contribution in [0.3, 0.4) is 0 Å². The van der Waals surface area contributed by atoms with Crippen molar-refractivity contribution in [2.24, 2.45) is 0 Å². The van der Waals surface area contributed by atoms with Crippen molar-refractivity contribution in [3.05, 3.63) is 70.7 Å². The normalized spacial score (nSPS) is 11.7. The van der Waals surface area contributed by atoms with Crippen LogP contribution in [0.5, 0.6) is 0 Å². The maximum absolute atomic E-state index is 12.8. The Kier molecular flexibility index (Phi) is 8.30. The topological polar surface area (TPSA) is 69.6 Å². The highest BCUT2D eigenvalue weighted by Crippen LogP contribution is 2.17. The van der Waals surface area contributed by atoms with Crippen molar-refractivity contribution in [2.45, 2.75) is 32.4 Å². The minimum absolute atomic E-state index is 0.106. The molecule has 1 atom stereocenters. The molecule has 2 amide bonds. The highest BCUT2D eigenvalue weighted by atomic mass is 35.5. The van der Waals surface area contributed by atoms with Crippen LogP contribution in [0.2, 0.25) is 5.02 Å². The first kappa shape index (κ1) is 20.9. The van der Waals surface area contributed by atoms with Crippen molar-refractivity contribution >= 4 is 23.4 Å². The summed E-state index contributed by atoms with van der Waals surface area (Å²) in [5.41, 5.74) is 1.86. The summed E-state index contributed by atoms with van der Waals surface area (Å²) in [7, 11) is 0. The molecule has 0 saturated heterocycles. The van der Waals surface area contributed by atoms with Crippen LogP contribution in [0.1, 0.15) is 24.5 Å². The maximum Gasteiger partial charge on any atom is 0.243 e. The van der Waals surface area contributed by atoms with Gasteiger partial charge in [-0.25, -0.2) is 0 Å². The molecule has 0 aliphatic carbocycles. The lowest BCUT2D eigenvalue weighted by Gasteiger charge is -2.31. The molecule has 0 aromatic heterocycles. The second kappa shape index (κ2) is 10.7. The number of benzene rings is 2. The number of amides is 2. The fourth-order valence-corrected chi connectivity index (χ4v) is 2.97. The Labute approximate surface area is 165 Å². The molecule has 0 spiro atoms. The van der Waals surface area contributed by atoms with Gasteiger partial charge in [-0.05, 0) is 23.3 Å². The molecule has 0 unspecified atom stereocenters. The first-order valence-corrected chi connectivity index (χ1v) is 9.39.